The van der Waals surface area contributed by atoms with Gasteiger partial charge in [0.1, 0.15) is 0 Å². The molecule has 1 N–H and O–H groups in total. The third-order valence-corrected chi connectivity index (χ3v) is 4.30. The molecule has 19 heavy (non-hydrogen) atoms. The molecule has 98 valence electrons. The molecule has 4 heteroatoms. The number of rotatable bonds is 2. The van der Waals surface area contributed by atoms with Crippen LogP contribution in [0, 0.1) is 0 Å². The first-order valence-corrected chi connectivity index (χ1v) is 7.24. The van der Waals surface area contributed by atoms with Gasteiger partial charge in [-0.2, -0.15) is 0 Å². The number of β-amino-alcohol motifs (C(OH)–C–C–N with tert-alkyl or cyclic N) is 1. The quantitative estimate of drug-likeness (QED) is 0.913. The van der Waals surface area contributed by atoms with Crippen molar-refractivity contribution in [1.29, 1.82) is 0 Å². The van der Waals surface area contributed by atoms with E-state index in [1.54, 1.807) is 4.90 Å². The second-order valence-electron chi connectivity index (χ2n) is 4.72. The zero-order valence-corrected chi connectivity index (χ0v) is 11.3. The summed E-state index contributed by atoms with van der Waals surface area (Å²) >= 11 is 1.47. The lowest BCUT2D eigenvalue weighted by Gasteiger charge is -2.15. The molecule has 1 aromatic heterocycles. The Labute approximate surface area is 116 Å². The number of thiophene rings is 1. The molecule has 1 aliphatic rings. The van der Waals surface area contributed by atoms with Gasteiger partial charge in [0.2, 0.25) is 0 Å². The van der Waals surface area contributed by atoms with Crippen molar-refractivity contribution >= 4 is 17.2 Å². The summed E-state index contributed by atoms with van der Waals surface area (Å²) in [6.45, 7) is 1.09. The standard InChI is InChI=1S/C15H15NO2S/c17-12-6-8-16(10-12)15(18)14-13(7-9-19-14)11-4-2-1-3-5-11/h1-5,7,9,12,17H,6,8,10H2/t12-/m1/s1. The molecule has 0 bridgehead atoms. The van der Waals surface area contributed by atoms with Crippen LogP contribution in [0.5, 0.6) is 0 Å². The molecule has 1 saturated heterocycles. The Balaban J connectivity index is 1.90. The van der Waals surface area contributed by atoms with Gasteiger partial charge in [0.25, 0.3) is 5.91 Å². The first-order chi connectivity index (χ1) is 9.25. The second kappa shape index (κ2) is 5.15. The summed E-state index contributed by atoms with van der Waals surface area (Å²) in [5.41, 5.74) is 2.05. The van der Waals surface area contributed by atoms with Crippen molar-refractivity contribution < 1.29 is 9.90 Å². The highest BCUT2D eigenvalue weighted by Gasteiger charge is 2.27. The largest absolute Gasteiger partial charge is 0.391 e. The van der Waals surface area contributed by atoms with Gasteiger partial charge in [0.15, 0.2) is 0 Å². The first-order valence-electron chi connectivity index (χ1n) is 6.36. The van der Waals surface area contributed by atoms with E-state index in [0.717, 1.165) is 16.0 Å². The molecule has 2 heterocycles. The average Bonchev–Trinajstić information content (AvgIpc) is 3.07. The number of carbonyl (C=O) groups excluding carboxylic acids is 1. The number of aliphatic hydroxyl groups is 1. The van der Waals surface area contributed by atoms with Crippen molar-refractivity contribution in [2.45, 2.75) is 12.5 Å². The molecule has 1 aliphatic heterocycles. The van der Waals surface area contributed by atoms with Crippen LogP contribution in [-0.2, 0) is 0 Å². The normalized spacial score (nSPS) is 18.8. The fourth-order valence-electron chi connectivity index (χ4n) is 2.39. The Morgan fingerprint density at radius 1 is 1.26 bits per heavy atom. The SMILES string of the molecule is O=C(c1sccc1-c1ccccc1)N1CC[C@@H](O)C1. The van der Waals surface area contributed by atoms with E-state index in [4.69, 9.17) is 0 Å². The maximum absolute atomic E-state index is 12.5. The topological polar surface area (TPSA) is 40.5 Å². The Morgan fingerprint density at radius 3 is 2.74 bits per heavy atom. The molecule has 1 atom stereocenters. The van der Waals surface area contributed by atoms with Crippen molar-refractivity contribution in [2.75, 3.05) is 13.1 Å². The van der Waals surface area contributed by atoms with Crippen LogP contribution in [0.2, 0.25) is 0 Å². The predicted molar refractivity (Wildman–Crippen MR) is 76.3 cm³/mol. The van der Waals surface area contributed by atoms with Crippen LogP contribution in [0.25, 0.3) is 11.1 Å². The number of nitrogens with zero attached hydrogens (tertiary/aromatic N) is 1. The van der Waals surface area contributed by atoms with Crippen molar-refractivity contribution in [3.8, 4) is 11.1 Å². The summed E-state index contributed by atoms with van der Waals surface area (Å²) in [5.74, 6) is 0.0328. The highest BCUT2D eigenvalue weighted by molar-refractivity contribution is 7.12. The number of likely N-dealkylation sites (tertiary alicyclic amines) is 1. The van der Waals surface area contributed by atoms with Crippen molar-refractivity contribution in [1.82, 2.24) is 4.90 Å². The van der Waals surface area contributed by atoms with Crippen LogP contribution in [0.3, 0.4) is 0 Å². The summed E-state index contributed by atoms with van der Waals surface area (Å²) in [7, 11) is 0. The zero-order chi connectivity index (χ0) is 13.2. The summed E-state index contributed by atoms with van der Waals surface area (Å²) < 4.78 is 0. The Morgan fingerprint density at radius 2 is 2.05 bits per heavy atom. The van der Waals surface area contributed by atoms with Crippen LogP contribution in [-0.4, -0.2) is 35.1 Å². The first kappa shape index (κ1) is 12.4. The smallest absolute Gasteiger partial charge is 0.264 e. The van der Waals surface area contributed by atoms with Crippen LogP contribution in [0.15, 0.2) is 41.8 Å². The highest BCUT2D eigenvalue weighted by atomic mass is 32.1. The summed E-state index contributed by atoms with van der Waals surface area (Å²) in [4.78, 5) is 15.0. The highest BCUT2D eigenvalue weighted by Crippen LogP contribution is 2.30. The maximum atomic E-state index is 12.5. The molecular formula is C15H15NO2S. The zero-order valence-electron chi connectivity index (χ0n) is 10.5. The van der Waals surface area contributed by atoms with E-state index in [9.17, 15) is 9.90 Å². The molecule has 2 aromatic rings. The molecule has 0 radical (unpaired) electrons. The lowest BCUT2D eigenvalue weighted by Crippen LogP contribution is -2.29. The van der Waals surface area contributed by atoms with E-state index in [1.165, 1.54) is 11.3 Å². The molecule has 1 fully saturated rings. The van der Waals surface area contributed by atoms with Gasteiger partial charge in [-0.1, -0.05) is 30.3 Å². The van der Waals surface area contributed by atoms with E-state index in [1.807, 2.05) is 41.8 Å². The number of amides is 1. The minimum absolute atomic E-state index is 0.0328. The summed E-state index contributed by atoms with van der Waals surface area (Å²) in [6, 6.07) is 11.9. The number of aliphatic hydroxyl groups excluding tert-OH is 1. The van der Waals surface area contributed by atoms with E-state index in [-0.39, 0.29) is 12.0 Å². The second-order valence-corrected chi connectivity index (χ2v) is 5.64. The van der Waals surface area contributed by atoms with Gasteiger partial charge in [0, 0.05) is 18.7 Å². The Bertz CT molecular complexity index is 579. The number of benzene rings is 1. The van der Waals surface area contributed by atoms with Crippen LogP contribution < -0.4 is 0 Å². The van der Waals surface area contributed by atoms with Gasteiger partial charge >= 0.3 is 0 Å². The van der Waals surface area contributed by atoms with Gasteiger partial charge in [-0.15, -0.1) is 11.3 Å². The molecule has 3 rings (SSSR count). The Hall–Kier alpha value is -1.65. The van der Waals surface area contributed by atoms with Gasteiger partial charge in [-0.25, -0.2) is 0 Å². The van der Waals surface area contributed by atoms with Gasteiger partial charge in [-0.05, 0) is 23.4 Å². The van der Waals surface area contributed by atoms with Gasteiger partial charge in [0.05, 0.1) is 11.0 Å². The van der Waals surface area contributed by atoms with E-state index >= 15 is 0 Å². The van der Waals surface area contributed by atoms with Crippen LogP contribution >= 0.6 is 11.3 Å². The molecule has 0 saturated carbocycles. The van der Waals surface area contributed by atoms with Crippen LogP contribution in [0.4, 0.5) is 0 Å². The molecule has 1 aromatic carbocycles. The lowest BCUT2D eigenvalue weighted by atomic mass is 10.1. The molecule has 0 unspecified atom stereocenters. The third kappa shape index (κ3) is 2.41. The van der Waals surface area contributed by atoms with E-state index in [2.05, 4.69) is 0 Å². The van der Waals surface area contributed by atoms with E-state index in [0.29, 0.717) is 19.5 Å². The third-order valence-electron chi connectivity index (χ3n) is 3.39. The number of hydrogen-bond donors (Lipinski definition) is 1. The fraction of sp³-hybridized carbons (Fsp3) is 0.267. The maximum Gasteiger partial charge on any atom is 0.264 e. The summed E-state index contributed by atoms with van der Waals surface area (Å²) in [6.07, 6.45) is 0.307. The molecular weight excluding hydrogens is 258 g/mol. The number of carbonyl (C=O) groups is 1. The van der Waals surface area contributed by atoms with Crippen molar-refractivity contribution in [3.05, 3.63) is 46.7 Å². The van der Waals surface area contributed by atoms with Crippen molar-refractivity contribution in [2.24, 2.45) is 0 Å². The Kier molecular flexibility index (Phi) is 3.36. The molecule has 0 aliphatic carbocycles. The molecule has 1 amide bonds. The minimum atomic E-state index is -0.371. The average molecular weight is 273 g/mol. The fourth-order valence-corrected chi connectivity index (χ4v) is 3.27. The molecule has 0 spiro atoms. The molecule has 3 nitrogen and oxygen atoms in total. The van der Waals surface area contributed by atoms with Crippen LogP contribution in [0.1, 0.15) is 16.1 Å². The minimum Gasteiger partial charge on any atom is -0.391 e. The van der Waals surface area contributed by atoms with Crippen molar-refractivity contribution in [3.63, 3.8) is 0 Å². The van der Waals surface area contributed by atoms with E-state index < -0.39 is 0 Å². The number of hydrogen-bond acceptors (Lipinski definition) is 3. The monoisotopic (exact) mass is 273 g/mol. The van der Waals surface area contributed by atoms with Gasteiger partial charge < -0.3 is 10.0 Å². The lowest BCUT2D eigenvalue weighted by molar-refractivity contribution is 0.0770. The summed E-state index contributed by atoms with van der Waals surface area (Å²) in [5, 5.41) is 11.5. The predicted octanol–water partition coefficient (Wildman–Crippen LogP) is 2.62. The van der Waals surface area contributed by atoms with Gasteiger partial charge in [-0.3, -0.25) is 4.79 Å².